The molecule has 2 aromatic rings. The van der Waals surface area contributed by atoms with Crippen LogP contribution in [0.25, 0.3) is 0 Å². The Morgan fingerprint density at radius 2 is 1.36 bits per heavy atom. The molecule has 6 heteroatoms. The minimum atomic E-state index is -0.610. The van der Waals surface area contributed by atoms with Gasteiger partial charge in [-0.05, 0) is 38.5 Å². The monoisotopic (exact) mass is 342 g/mol. The first kappa shape index (κ1) is 18.3. The van der Waals surface area contributed by atoms with Gasteiger partial charge in [0.05, 0.1) is 11.4 Å². The van der Waals surface area contributed by atoms with Gasteiger partial charge < -0.3 is 9.47 Å². The molecule has 0 aliphatic heterocycles. The molecular formula is C19H22N2O4. The van der Waals surface area contributed by atoms with E-state index in [4.69, 9.17) is 9.47 Å². The van der Waals surface area contributed by atoms with E-state index in [1.807, 2.05) is 30.3 Å². The van der Waals surface area contributed by atoms with E-state index in [-0.39, 0.29) is 6.61 Å². The van der Waals surface area contributed by atoms with Crippen molar-refractivity contribution in [1.82, 2.24) is 0 Å². The number of benzene rings is 2. The quantitative estimate of drug-likeness (QED) is 0.838. The lowest BCUT2D eigenvalue weighted by Crippen LogP contribution is -2.27. The SMILES string of the molecule is CC(C)(C)OC(=O)Nc1ccccc1NC(=O)OCc1ccccc1. The summed E-state index contributed by atoms with van der Waals surface area (Å²) in [5, 5.41) is 5.23. The van der Waals surface area contributed by atoms with E-state index in [1.54, 1.807) is 45.0 Å². The number of carbonyl (C=O) groups is 2. The van der Waals surface area contributed by atoms with Gasteiger partial charge in [-0.15, -0.1) is 0 Å². The maximum atomic E-state index is 12.0. The number of para-hydroxylation sites is 2. The van der Waals surface area contributed by atoms with Gasteiger partial charge in [-0.25, -0.2) is 9.59 Å². The molecule has 0 bridgehead atoms. The van der Waals surface area contributed by atoms with Crippen LogP contribution in [0.15, 0.2) is 54.6 Å². The Balaban J connectivity index is 1.95. The predicted octanol–water partition coefficient (Wildman–Crippen LogP) is 4.78. The Labute approximate surface area is 147 Å². The summed E-state index contributed by atoms with van der Waals surface area (Å²) >= 11 is 0. The highest BCUT2D eigenvalue weighted by atomic mass is 16.6. The van der Waals surface area contributed by atoms with E-state index in [9.17, 15) is 9.59 Å². The van der Waals surface area contributed by atoms with E-state index in [1.165, 1.54) is 0 Å². The fraction of sp³-hybridized carbons (Fsp3) is 0.263. The van der Waals surface area contributed by atoms with Gasteiger partial charge >= 0.3 is 12.2 Å². The number of hydrogen-bond acceptors (Lipinski definition) is 4. The molecule has 0 heterocycles. The van der Waals surface area contributed by atoms with E-state index >= 15 is 0 Å². The van der Waals surface area contributed by atoms with Crippen molar-refractivity contribution in [3.8, 4) is 0 Å². The summed E-state index contributed by atoms with van der Waals surface area (Å²) in [7, 11) is 0. The molecule has 0 aliphatic rings. The normalized spacial score (nSPS) is 10.7. The zero-order valence-electron chi connectivity index (χ0n) is 14.5. The van der Waals surface area contributed by atoms with Crippen LogP contribution in [0.4, 0.5) is 21.0 Å². The van der Waals surface area contributed by atoms with Gasteiger partial charge in [0.1, 0.15) is 12.2 Å². The smallest absolute Gasteiger partial charge is 0.412 e. The number of nitrogens with one attached hydrogen (secondary N) is 2. The Morgan fingerprint density at radius 3 is 1.92 bits per heavy atom. The molecule has 6 nitrogen and oxygen atoms in total. The molecule has 0 unspecified atom stereocenters. The molecule has 2 N–H and O–H groups in total. The molecule has 0 radical (unpaired) electrons. The van der Waals surface area contributed by atoms with Crippen molar-refractivity contribution in [3.63, 3.8) is 0 Å². The molecule has 132 valence electrons. The summed E-state index contributed by atoms with van der Waals surface area (Å²) < 4.78 is 10.4. The zero-order valence-corrected chi connectivity index (χ0v) is 14.5. The maximum Gasteiger partial charge on any atom is 0.412 e. The predicted molar refractivity (Wildman–Crippen MR) is 96.5 cm³/mol. The first-order chi connectivity index (χ1) is 11.8. The third-order valence-corrected chi connectivity index (χ3v) is 3.01. The van der Waals surface area contributed by atoms with Crippen LogP contribution in [0, 0.1) is 0 Å². The highest BCUT2D eigenvalue weighted by Crippen LogP contribution is 2.22. The summed E-state index contributed by atoms with van der Waals surface area (Å²) in [6, 6.07) is 16.2. The number of rotatable bonds is 4. The largest absolute Gasteiger partial charge is 0.444 e. The third kappa shape index (κ3) is 6.55. The van der Waals surface area contributed by atoms with E-state index in [0.717, 1.165) is 5.56 Å². The Hall–Kier alpha value is -3.02. The van der Waals surface area contributed by atoms with Gasteiger partial charge in [0.25, 0.3) is 0 Å². The number of carbonyl (C=O) groups excluding carboxylic acids is 2. The number of ether oxygens (including phenoxy) is 2. The van der Waals surface area contributed by atoms with Crippen molar-refractivity contribution in [2.24, 2.45) is 0 Å². The van der Waals surface area contributed by atoms with Crippen molar-refractivity contribution in [3.05, 3.63) is 60.2 Å². The fourth-order valence-electron chi connectivity index (χ4n) is 1.98. The molecule has 2 amide bonds. The van der Waals surface area contributed by atoms with Crippen molar-refractivity contribution in [1.29, 1.82) is 0 Å². The van der Waals surface area contributed by atoms with Crippen LogP contribution >= 0.6 is 0 Å². The second kappa shape index (κ2) is 8.19. The summed E-state index contributed by atoms with van der Waals surface area (Å²) in [5.74, 6) is 0. The zero-order chi connectivity index (χ0) is 18.3. The van der Waals surface area contributed by atoms with Crippen molar-refractivity contribution in [2.75, 3.05) is 10.6 Å². The van der Waals surface area contributed by atoms with Gasteiger partial charge in [-0.1, -0.05) is 42.5 Å². The summed E-state index contributed by atoms with van der Waals surface area (Å²) in [5.41, 5.74) is 1.12. The van der Waals surface area contributed by atoms with Crippen LogP contribution in [0.5, 0.6) is 0 Å². The first-order valence-corrected chi connectivity index (χ1v) is 7.90. The molecule has 2 aromatic carbocycles. The second-order valence-electron chi connectivity index (χ2n) is 6.36. The number of hydrogen-bond donors (Lipinski definition) is 2. The average molecular weight is 342 g/mol. The molecule has 25 heavy (non-hydrogen) atoms. The van der Waals surface area contributed by atoms with Crippen molar-refractivity contribution >= 4 is 23.6 Å². The molecule has 0 atom stereocenters. The van der Waals surface area contributed by atoms with E-state index < -0.39 is 17.8 Å². The third-order valence-electron chi connectivity index (χ3n) is 3.01. The molecule has 0 spiro atoms. The molecule has 0 fully saturated rings. The molecular weight excluding hydrogens is 320 g/mol. The van der Waals surface area contributed by atoms with Gasteiger partial charge in [0, 0.05) is 0 Å². The van der Waals surface area contributed by atoms with Crippen LogP contribution in [-0.2, 0) is 16.1 Å². The van der Waals surface area contributed by atoms with Crippen molar-refractivity contribution in [2.45, 2.75) is 33.0 Å². The van der Waals surface area contributed by atoms with Gasteiger partial charge in [0.2, 0.25) is 0 Å². The Bertz CT molecular complexity index is 724. The van der Waals surface area contributed by atoms with Gasteiger partial charge in [-0.2, -0.15) is 0 Å². The van der Waals surface area contributed by atoms with Gasteiger partial charge in [0.15, 0.2) is 0 Å². The lowest BCUT2D eigenvalue weighted by Gasteiger charge is -2.20. The van der Waals surface area contributed by atoms with Crippen LogP contribution in [0.2, 0.25) is 0 Å². The molecule has 2 rings (SSSR count). The fourth-order valence-corrected chi connectivity index (χ4v) is 1.98. The summed E-state index contributed by atoms with van der Waals surface area (Å²) in [4.78, 5) is 23.9. The lowest BCUT2D eigenvalue weighted by molar-refractivity contribution is 0.0636. The minimum absolute atomic E-state index is 0.161. The average Bonchev–Trinajstić information content (AvgIpc) is 2.54. The topological polar surface area (TPSA) is 76.7 Å². The van der Waals surface area contributed by atoms with Crippen molar-refractivity contribution < 1.29 is 19.1 Å². The van der Waals surface area contributed by atoms with Gasteiger partial charge in [-0.3, -0.25) is 10.6 Å². The summed E-state index contributed by atoms with van der Waals surface area (Å²) in [6.07, 6.45) is -1.21. The highest BCUT2D eigenvalue weighted by molar-refractivity contribution is 5.95. The number of anilines is 2. The van der Waals surface area contributed by atoms with Crippen LogP contribution in [0.3, 0.4) is 0 Å². The lowest BCUT2D eigenvalue weighted by atomic mass is 10.2. The molecule has 0 aliphatic carbocycles. The Kier molecular flexibility index (Phi) is 6.00. The second-order valence-corrected chi connectivity index (χ2v) is 6.36. The highest BCUT2D eigenvalue weighted by Gasteiger charge is 2.17. The van der Waals surface area contributed by atoms with Crippen LogP contribution < -0.4 is 10.6 Å². The number of amides is 2. The Morgan fingerprint density at radius 1 is 0.840 bits per heavy atom. The van der Waals surface area contributed by atoms with E-state index in [0.29, 0.717) is 11.4 Å². The standard InChI is InChI=1S/C19H22N2O4/c1-19(2,3)25-18(23)21-16-12-8-7-11-15(16)20-17(22)24-13-14-9-5-4-6-10-14/h4-12H,13H2,1-3H3,(H,20,22)(H,21,23). The molecule has 0 saturated carbocycles. The van der Waals surface area contributed by atoms with Crippen LogP contribution in [-0.4, -0.2) is 17.8 Å². The molecule has 0 aromatic heterocycles. The minimum Gasteiger partial charge on any atom is -0.444 e. The first-order valence-electron chi connectivity index (χ1n) is 7.90. The summed E-state index contributed by atoms with van der Waals surface area (Å²) in [6.45, 7) is 5.49. The maximum absolute atomic E-state index is 12.0. The van der Waals surface area contributed by atoms with Crippen LogP contribution in [0.1, 0.15) is 26.3 Å². The van der Waals surface area contributed by atoms with E-state index in [2.05, 4.69) is 10.6 Å². The molecule has 0 saturated heterocycles.